The van der Waals surface area contributed by atoms with E-state index in [9.17, 15) is 9.59 Å². The maximum atomic E-state index is 9.79. The van der Waals surface area contributed by atoms with Crippen molar-refractivity contribution in [3.8, 4) is 0 Å². The van der Waals surface area contributed by atoms with Crippen LogP contribution in [0.4, 0.5) is 0 Å². The zero-order valence-corrected chi connectivity index (χ0v) is 6.28. The number of hydrogen-bond donors (Lipinski definition) is 3. The van der Waals surface area contributed by atoms with Crippen LogP contribution >= 0.6 is 0 Å². The fraction of sp³-hybridized carbons (Fsp3) is 0.667. The van der Waals surface area contributed by atoms with Crippen LogP contribution < -0.4 is 0 Å². The molecule has 5 heteroatoms. The second kappa shape index (κ2) is 8.90. The van der Waals surface area contributed by atoms with Gasteiger partial charge in [-0.1, -0.05) is 0 Å². The number of carboxylic acid groups (broad SMARTS) is 2. The molecule has 0 unspecified atom stereocenters. The Kier molecular flexibility index (Phi) is 10.2. The molecule has 0 saturated carbocycles. The average molecular weight is 164 g/mol. The molecule has 0 aromatic heterocycles. The fourth-order valence-corrected chi connectivity index (χ4v) is 0.391. The van der Waals surface area contributed by atoms with Gasteiger partial charge in [-0.05, 0) is 6.42 Å². The summed E-state index contributed by atoms with van der Waals surface area (Å²) in [6.07, 6.45) is 0.0866. The van der Waals surface area contributed by atoms with E-state index >= 15 is 0 Å². The summed E-state index contributed by atoms with van der Waals surface area (Å²) in [5.74, 6) is -1.90. The van der Waals surface area contributed by atoms with E-state index in [-0.39, 0.29) is 19.3 Å². The van der Waals surface area contributed by atoms with Crippen LogP contribution in [0.3, 0.4) is 0 Å². The van der Waals surface area contributed by atoms with E-state index in [1.807, 2.05) is 0 Å². The molecule has 0 aliphatic carbocycles. The molecule has 0 aromatic rings. The van der Waals surface area contributed by atoms with Gasteiger partial charge in [-0.25, -0.2) is 0 Å². The van der Waals surface area contributed by atoms with Gasteiger partial charge in [0.15, 0.2) is 0 Å². The predicted molar refractivity (Wildman–Crippen MR) is 37.3 cm³/mol. The average Bonchev–Trinajstić information content (AvgIpc) is 1.90. The molecule has 0 saturated heterocycles. The summed E-state index contributed by atoms with van der Waals surface area (Å²) < 4.78 is 0. The molecule has 0 rings (SSSR count). The highest BCUT2D eigenvalue weighted by atomic mass is 16.4. The summed E-state index contributed by atoms with van der Waals surface area (Å²) in [6, 6.07) is 0. The van der Waals surface area contributed by atoms with Crippen LogP contribution in [-0.4, -0.2) is 34.4 Å². The second-order valence-electron chi connectivity index (χ2n) is 1.64. The molecule has 0 heterocycles. The molecule has 3 N–H and O–H groups in total. The van der Waals surface area contributed by atoms with E-state index in [0.29, 0.717) is 0 Å². The molecule has 0 atom stereocenters. The lowest BCUT2D eigenvalue weighted by atomic mass is 10.2. The third kappa shape index (κ3) is 17.6. The summed E-state index contributed by atoms with van der Waals surface area (Å²) >= 11 is 0. The maximum Gasteiger partial charge on any atom is 0.303 e. The lowest BCUT2D eigenvalue weighted by Gasteiger charge is -1.89. The first-order chi connectivity index (χ1) is 5.13. The number of carbonyl (C=O) groups is 2. The summed E-state index contributed by atoms with van der Waals surface area (Å²) in [5, 5.41) is 23.1. The minimum atomic E-state index is -0.948. The van der Waals surface area contributed by atoms with E-state index in [1.165, 1.54) is 0 Å². The lowest BCUT2D eigenvalue weighted by Crippen LogP contribution is -1.98. The highest BCUT2D eigenvalue weighted by molar-refractivity contribution is 5.69. The van der Waals surface area contributed by atoms with Gasteiger partial charge < -0.3 is 15.3 Å². The Morgan fingerprint density at radius 3 is 1.45 bits per heavy atom. The van der Waals surface area contributed by atoms with E-state index in [4.69, 9.17) is 15.3 Å². The van der Waals surface area contributed by atoms with Crippen LogP contribution in [0.1, 0.15) is 19.3 Å². The third-order valence-corrected chi connectivity index (χ3v) is 0.781. The highest BCUT2D eigenvalue weighted by Crippen LogP contribution is 1.93. The quantitative estimate of drug-likeness (QED) is 0.540. The Morgan fingerprint density at radius 1 is 1.00 bits per heavy atom. The van der Waals surface area contributed by atoms with E-state index in [0.717, 1.165) is 7.11 Å². The molecule has 0 fully saturated rings. The van der Waals surface area contributed by atoms with Gasteiger partial charge in [0.25, 0.3) is 0 Å². The number of aliphatic hydroxyl groups excluding tert-OH is 1. The Bertz CT molecular complexity index is 106. The molecule has 66 valence electrons. The van der Waals surface area contributed by atoms with Gasteiger partial charge in [-0.2, -0.15) is 0 Å². The van der Waals surface area contributed by atoms with E-state index < -0.39 is 11.9 Å². The predicted octanol–water partition coefficient (Wildman–Crippen LogP) is -0.0656. The van der Waals surface area contributed by atoms with Crippen molar-refractivity contribution in [3.63, 3.8) is 0 Å². The SMILES string of the molecule is CO.O=C(O)CCCC(=O)O. The summed E-state index contributed by atoms with van der Waals surface area (Å²) in [6.45, 7) is 0. The number of aliphatic carboxylic acids is 2. The molecule has 0 radical (unpaired) electrons. The van der Waals surface area contributed by atoms with Crippen molar-refractivity contribution in [1.29, 1.82) is 0 Å². The lowest BCUT2D eigenvalue weighted by molar-refractivity contribution is -0.138. The third-order valence-electron chi connectivity index (χ3n) is 0.781. The first kappa shape index (κ1) is 12.6. The molecular formula is C6H12O5. The molecule has 0 spiro atoms. The normalized spacial score (nSPS) is 7.82. The highest BCUT2D eigenvalue weighted by Gasteiger charge is 1.99. The molecule has 0 aliphatic rings. The van der Waals surface area contributed by atoms with Crippen molar-refractivity contribution in [2.75, 3.05) is 7.11 Å². The number of carboxylic acids is 2. The van der Waals surface area contributed by atoms with Crippen molar-refractivity contribution < 1.29 is 24.9 Å². The Hall–Kier alpha value is -1.10. The maximum absolute atomic E-state index is 9.79. The molecule has 5 nitrogen and oxygen atoms in total. The van der Waals surface area contributed by atoms with Crippen molar-refractivity contribution in [1.82, 2.24) is 0 Å². The van der Waals surface area contributed by atoms with Gasteiger partial charge in [0.1, 0.15) is 0 Å². The standard InChI is InChI=1S/C5H8O4.CH4O/c6-4(7)2-1-3-5(8)9;1-2/h1-3H2,(H,6,7)(H,8,9);2H,1H3. The van der Waals surface area contributed by atoms with Gasteiger partial charge in [0.05, 0.1) is 0 Å². The topological polar surface area (TPSA) is 94.8 Å². The van der Waals surface area contributed by atoms with Gasteiger partial charge in [0.2, 0.25) is 0 Å². The largest absolute Gasteiger partial charge is 0.481 e. The van der Waals surface area contributed by atoms with E-state index in [1.54, 1.807) is 0 Å². The van der Waals surface area contributed by atoms with Crippen LogP contribution in [0.2, 0.25) is 0 Å². The van der Waals surface area contributed by atoms with Crippen LogP contribution in [0.25, 0.3) is 0 Å². The first-order valence-corrected chi connectivity index (χ1v) is 3.01. The monoisotopic (exact) mass is 164 g/mol. The van der Waals surface area contributed by atoms with Crippen LogP contribution in [0.5, 0.6) is 0 Å². The molecule has 0 bridgehead atoms. The second-order valence-corrected chi connectivity index (χ2v) is 1.64. The van der Waals surface area contributed by atoms with Crippen molar-refractivity contribution >= 4 is 11.9 Å². The summed E-state index contributed by atoms with van der Waals surface area (Å²) in [5.41, 5.74) is 0. The minimum Gasteiger partial charge on any atom is -0.481 e. The van der Waals surface area contributed by atoms with Crippen LogP contribution in [0, 0.1) is 0 Å². The van der Waals surface area contributed by atoms with Crippen LogP contribution in [0.15, 0.2) is 0 Å². The Labute approximate surface area is 64.3 Å². The van der Waals surface area contributed by atoms with Crippen LogP contribution in [-0.2, 0) is 9.59 Å². The first-order valence-electron chi connectivity index (χ1n) is 3.01. The van der Waals surface area contributed by atoms with Gasteiger partial charge in [-0.15, -0.1) is 0 Å². The summed E-state index contributed by atoms with van der Waals surface area (Å²) in [7, 11) is 1.00. The zero-order chi connectivity index (χ0) is 9.28. The zero-order valence-electron chi connectivity index (χ0n) is 6.28. The molecule has 0 amide bonds. The summed E-state index contributed by atoms with van der Waals surface area (Å²) in [4.78, 5) is 19.6. The Morgan fingerprint density at radius 2 is 1.27 bits per heavy atom. The molecule has 11 heavy (non-hydrogen) atoms. The molecular weight excluding hydrogens is 152 g/mol. The van der Waals surface area contributed by atoms with E-state index in [2.05, 4.69) is 0 Å². The number of rotatable bonds is 4. The molecule has 0 aromatic carbocycles. The number of hydrogen-bond acceptors (Lipinski definition) is 3. The van der Waals surface area contributed by atoms with Gasteiger partial charge in [-0.3, -0.25) is 9.59 Å². The fourth-order valence-electron chi connectivity index (χ4n) is 0.391. The smallest absolute Gasteiger partial charge is 0.303 e. The van der Waals surface area contributed by atoms with Crippen molar-refractivity contribution in [2.45, 2.75) is 19.3 Å². The van der Waals surface area contributed by atoms with Gasteiger partial charge >= 0.3 is 11.9 Å². The Balaban J connectivity index is 0. The van der Waals surface area contributed by atoms with Gasteiger partial charge in [0, 0.05) is 20.0 Å². The molecule has 0 aliphatic heterocycles. The minimum absolute atomic E-state index is 0.0632. The van der Waals surface area contributed by atoms with Crippen molar-refractivity contribution in [2.24, 2.45) is 0 Å². The van der Waals surface area contributed by atoms with Crippen molar-refractivity contribution in [3.05, 3.63) is 0 Å². The number of aliphatic hydroxyl groups is 1.